The van der Waals surface area contributed by atoms with Crippen molar-refractivity contribution in [3.8, 4) is 0 Å². The molecule has 1 saturated heterocycles. The summed E-state index contributed by atoms with van der Waals surface area (Å²) in [7, 11) is 0. The predicted octanol–water partition coefficient (Wildman–Crippen LogP) is 2.20. The second-order valence-corrected chi connectivity index (χ2v) is 6.42. The monoisotopic (exact) mass is 380 g/mol. The zero-order chi connectivity index (χ0) is 20.1. The summed E-state index contributed by atoms with van der Waals surface area (Å²) in [6.07, 6.45) is -0.575. The van der Waals surface area contributed by atoms with Crippen LogP contribution in [0.2, 0.25) is 0 Å². The quantitative estimate of drug-likeness (QED) is 0.613. The predicted molar refractivity (Wildman–Crippen MR) is 101 cm³/mol. The van der Waals surface area contributed by atoms with Crippen LogP contribution in [0, 0.1) is 0 Å². The van der Waals surface area contributed by atoms with Gasteiger partial charge >= 0.3 is 5.97 Å². The maximum absolute atomic E-state index is 12.2. The molecule has 2 aromatic rings. The van der Waals surface area contributed by atoms with E-state index in [0.29, 0.717) is 12.2 Å². The van der Waals surface area contributed by atoms with E-state index in [0.717, 1.165) is 10.5 Å². The van der Waals surface area contributed by atoms with Crippen LogP contribution in [0.4, 0.5) is 5.69 Å². The number of benzene rings is 2. The van der Waals surface area contributed by atoms with E-state index in [9.17, 15) is 19.2 Å². The smallest absolute Gasteiger partial charge is 0.338 e. The Labute approximate surface area is 162 Å². The molecule has 28 heavy (non-hydrogen) atoms. The molecule has 1 atom stereocenters. The van der Waals surface area contributed by atoms with Gasteiger partial charge in [-0.1, -0.05) is 30.3 Å². The van der Waals surface area contributed by atoms with Gasteiger partial charge in [-0.3, -0.25) is 19.3 Å². The fourth-order valence-corrected chi connectivity index (χ4v) is 2.82. The first kappa shape index (κ1) is 19.3. The van der Waals surface area contributed by atoms with Crippen LogP contribution in [-0.2, 0) is 25.7 Å². The summed E-state index contributed by atoms with van der Waals surface area (Å²) in [5.41, 5.74) is 1.58. The molecule has 144 valence electrons. The average molecular weight is 380 g/mol. The lowest BCUT2D eigenvalue weighted by molar-refractivity contribution is -0.129. The molecule has 1 fully saturated rings. The average Bonchev–Trinajstić information content (AvgIpc) is 3.05. The number of esters is 1. The molecule has 0 unspecified atom stereocenters. The van der Waals surface area contributed by atoms with Gasteiger partial charge in [0.25, 0.3) is 5.91 Å². The molecule has 3 rings (SSSR count). The Morgan fingerprint density at radius 3 is 2.21 bits per heavy atom. The molecule has 0 saturated carbocycles. The number of amides is 3. The van der Waals surface area contributed by atoms with Crippen LogP contribution in [0.25, 0.3) is 0 Å². The third kappa shape index (κ3) is 4.43. The number of hydrogen-bond acceptors (Lipinski definition) is 5. The van der Waals surface area contributed by atoms with Gasteiger partial charge in [0, 0.05) is 19.4 Å². The Balaban J connectivity index is 1.55. The van der Waals surface area contributed by atoms with E-state index in [1.807, 2.05) is 30.3 Å². The van der Waals surface area contributed by atoms with Gasteiger partial charge in [-0.2, -0.15) is 0 Å². The Hall–Kier alpha value is -3.48. The van der Waals surface area contributed by atoms with Crippen molar-refractivity contribution in [3.05, 3.63) is 65.7 Å². The van der Waals surface area contributed by atoms with Gasteiger partial charge in [-0.25, -0.2) is 4.79 Å². The summed E-state index contributed by atoms with van der Waals surface area (Å²) in [5.74, 6) is -1.58. The lowest BCUT2D eigenvalue weighted by Gasteiger charge is -2.15. The highest BCUT2D eigenvalue weighted by Crippen LogP contribution is 2.23. The van der Waals surface area contributed by atoms with Crippen LogP contribution < -0.4 is 10.2 Å². The van der Waals surface area contributed by atoms with Crippen LogP contribution in [0.5, 0.6) is 0 Å². The van der Waals surface area contributed by atoms with Gasteiger partial charge in [-0.15, -0.1) is 0 Å². The van der Waals surface area contributed by atoms with Crippen LogP contribution >= 0.6 is 0 Å². The number of ether oxygens (including phenoxy) is 1. The van der Waals surface area contributed by atoms with Crippen molar-refractivity contribution in [3.63, 3.8) is 0 Å². The molecule has 0 spiro atoms. The molecule has 0 bridgehead atoms. The minimum atomic E-state index is -0.961. The van der Waals surface area contributed by atoms with Gasteiger partial charge in [-0.05, 0) is 36.8 Å². The molecule has 0 radical (unpaired) electrons. The van der Waals surface area contributed by atoms with Crippen LogP contribution in [0.1, 0.15) is 35.7 Å². The first-order valence-electron chi connectivity index (χ1n) is 8.94. The molecule has 7 nitrogen and oxygen atoms in total. The van der Waals surface area contributed by atoms with Crippen molar-refractivity contribution in [2.45, 2.75) is 32.4 Å². The number of anilines is 1. The second-order valence-electron chi connectivity index (χ2n) is 6.42. The summed E-state index contributed by atoms with van der Waals surface area (Å²) in [5, 5.41) is 2.71. The standard InChI is InChI=1S/C21H20N2O5/c1-14(20(26)22-13-15-5-3-2-4-6-15)28-21(27)16-7-9-17(10-8-16)23-18(24)11-12-19(23)25/h2-10,14H,11-13H2,1H3,(H,22,26)/t14-/m0/s1. The number of carbonyl (C=O) groups excluding carboxylic acids is 4. The largest absolute Gasteiger partial charge is 0.449 e. The minimum Gasteiger partial charge on any atom is -0.449 e. The molecular weight excluding hydrogens is 360 g/mol. The fraction of sp³-hybridized carbons (Fsp3) is 0.238. The Kier molecular flexibility index (Phi) is 5.84. The number of nitrogens with one attached hydrogen (secondary N) is 1. The Morgan fingerprint density at radius 1 is 1.00 bits per heavy atom. The SMILES string of the molecule is C[C@H](OC(=O)c1ccc(N2C(=O)CCC2=O)cc1)C(=O)NCc1ccccc1. The lowest BCUT2D eigenvalue weighted by atomic mass is 10.2. The Bertz CT molecular complexity index is 877. The van der Waals surface area contributed by atoms with E-state index in [1.165, 1.54) is 31.2 Å². The third-order valence-electron chi connectivity index (χ3n) is 4.38. The van der Waals surface area contributed by atoms with E-state index in [4.69, 9.17) is 4.74 Å². The van der Waals surface area contributed by atoms with Crippen LogP contribution in [-0.4, -0.2) is 29.8 Å². The van der Waals surface area contributed by atoms with Crippen molar-refractivity contribution >= 4 is 29.4 Å². The highest BCUT2D eigenvalue weighted by molar-refractivity contribution is 6.19. The second kappa shape index (κ2) is 8.47. The first-order chi connectivity index (χ1) is 13.5. The van der Waals surface area contributed by atoms with Crippen molar-refractivity contribution in [1.82, 2.24) is 5.32 Å². The normalized spacial score (nSPS) is 14.7. The summed E-state index contributed by atoms with van der Waals surface area (Å²) >= 11 is 0. The summed E-state index contributed by atoms with van der Waals surface area (Å²) < 4.78 is 5.20. The maximum atomic E-state index is 12.2. The number of carbonyl (C=O) groups is 4. The van der Waals surface area contributed by atoms with Gasteiger partial charge in [0.1, 0.15) is 0 Å². The molecule has 7 heteroatoms. The zero-order valence-corrected chi connectivity index (χ0v) is 15.4. The molecule has 1 N–H and O–H groups in total. The number of nitrogens with zero attached hydrogens (tertiary/aromatic N) is 1. The van der Waals surface area contributed by atoms with Gasteiger partial charge in [0.2, 0.25) is 11.8 Å². The van der Waals surface area contributed by atoms with Crippen LogP contribution in [0.3, 0.4) is 0 Å². The van der Waals surface area contributed by atoms with E-state index >= 15 is 0 Å². The number of imide groups is 1. The number of rotatable bonds is 6. The van der Waals surface area contributed by atoms with Crippen LogP contribution in [0.15, 0.2) is 54.6 Å². The molecule has 3 amide bonds. The minimum absolute atomic E-state index is 0.193. The maximum Gasteiger partial charge on any atom is 0.338 e. The van der Waals surface area contributed by atoms with Crippen molar-refractivity contribution in [2.75, 3.05) is 4.90 Å². The van der Waals surface area contributed by atoms with Crippen molar-refractivity contribution in [1.29, 1.82) is 0 Å². The molecule has 1 aliphatic rings. The van der Waals surface area contributed by atoms with E-state index in [2.05, 4.69) is 5.32 Å². The van der Waals surface area contributed by atoms with Gasteiger partial charge in [0.05, 0.1) is 11.3 Å². The lowest BCUT2D eigenvalue weighted by Crippen LogP contribution is -2.35. The number of hydrogen-bond donors (Lipinski definition) is 1. The molecule has 1 heterocycles. The molecule has 0 aromatic heterocycles. The van der Waals surface area contributed by atoms with E-state index in [1.54, 1.807) is 0 Å². The van der Waals surface area contributed by atoms with Gasteiger partial charge in [0.15, 0.2) is 6.10 Å². The first-order valence-corrected chi connectivity index (χ1v) is 8.94. The van der Waals surface area contributed by atoms with Crippen molar-refractivity contribution in [2.24, 2.45) is 0 Å². The molecule has 0 aliphatic carbocycles. The molecule has 2 aromatic carbocycles. The fourth-order valence-electron chi connectivity index (χ4n) is 2.82. The Morgan fingerprint density at radius 2 is 1.61 bits per heavy atom. The molecule has 1 aliphatic heterocycles. The topological polar surface area (TPSA) is 92.8 Å². The van der Waals surface area contributed by atoms with Crippen molar-refractivity contribution < 1.29 is 23.9 Å². The third-order valence-corrected chi connectivity index (χ3v) is 4.38. The zero-order valence-electron chi connectivity index (χ0n) is 15.4. The summed E-state index contributed by atoms with van der Waals surface area (Å²) in [6.45, 7) is 1.84. The van der Waals surface area contributed by atoms with E-state index < -0.39 is 18.0 Å². The highest BCUT2D eigenvalue weighted by Gasteiger charge is 2.30. The van der Waals surface area contributed by atoms with Gasteiger partial charge < -0.3 is 10.1 Å². The summed E-state index contributed by atoms with van der Waals surface area (Å²) in [6, 6.07) is 15.3. The van der Waals surface area contributed by atoms with E-state index in [-0.39, 0.29) is 30.2 Å². The highest BCUT2D eigenvalue weighted by atomic mass is 16.5. The summed E-state index contributed by atoms with van der Waals surface area (Å²) in [4.78, 5) is 49.0. The molecular formula is C21H20N2O5.